The van der Waals surface area contributed by atoms with Crippen LogP contribution in [0.3, 0.4) is 0 Å². The normalized spacial score (nSPS) is 22.9. The van der Waals surface area contributed by atoms with E-state index in [0.717, 1.165) is 12.8 Å². The van der Waals surface area contributed by atoms with Crippen LogP contribution in [0.1, 0.15) is 40.0 Å². The summed E-state index contributed by atoms with van der Waals surface area (Å²) in [5.41, 5.74) is 5.87. The number of nitrogens with zero attached hydrogens (tertiary/aromatic N) is 3. The van der Waals surface area contributed by atoms with Crippen molar-refractivity contribution in [3.63, 3.8) is 0 Å². The van der Waals surface area contributed by atoms with Gasteiger partial charge in [-0.1, -0.05) is 19.9 Å². The molecule has 1 unspecified atom stereocenters. The summed E-state index contributed by atoms with van der Waals surface area (Å²) < 4.78 is 0. The van der Waals surface area contributed by atoms with Crippen LogP contribution in [-0.4, -0.2) is 58.0 Å². The summed E-state index contributed by atoms with van der Waals surface area (Å²) in [4.78, 5) is 33.2. The SMILES string of the molecule is CC(C)CC1(C)N=C(N)N(CC2CCN(C(=O)Nc3cccc(O)c3)CC2)C1=O. The van der Waals surface area contributed by atoms with E-state index in [2.05, 4.69) is 24.2 Å². The minimum atomic E-state index is -0.764. The fourth-order valence-corrected chi connectivity index (χ4v) is 4.22. The first-order valence-corrected chi connectivity index (χ1v) is 10.2. The Morgan fingerprint density at radius 2 is 2.07 bits per heavy atom. The molecule has 4 N–H and O–H groups in total. The third kappa shape index (κ3) is 4.81. The lowest BCUT2D eigenvalue weighted by Crippen LogP contribution is -2.48. The topological polar surface area (TPSA) is 111 Å². The van der Waals surface area contributed by atoms with Crippen molar-refractivity contribution in [3.8, 4) is 5.75 Å². The Hall–Kier alpha value is -2.77. The average molecular weight is 402 g/mol. The summed E-state index contributed by atoms with van der Waals surface area (Å²) in [6.07, 6.45) is 2.27. The maximum absolute atomic E-state index is 12.9. The maximum atomic E-state index is 12.9. The van der Waals surface area contributed by atoms with Gasteiger partial charge >= 0.3 is 6.03 Å². The summed E-state index contributed by atoms with van der Waals surface area (Å²) >= 11 is 0. The molecule has 1 aromatic carbocycles. The lowest BCUT2D eigenvalue weighted by molar-refractivity contribution is -0.131. The first kappa shape index (κ1) is 21.0. The molecular formula is C21H31N5O3. The van der Waals surface area contributed by atoms with Gasteiger partial charge in [-0.05, 0) is 50.2 Å². The first-order valence-electron chi connectivity index (χ1n) is 10.2. The number of aliphatic imine (C=N–C) groups is 1. The van der Waals surface area contributed by atoms with E-state index in [-0.39, 0.29) is 23.6 Å². The van der Waals surface area contributed by atoms with E-state index in [1.165, 1.54) is 6.07 Å². The molecule has 1 atom stereocenters. The Morgan fingerprint density at radius 1 is 1.38 bits per heavy atom. The van der Waals surface area contributed by atoms with Gasteiger partial charge in [-0.2, -0.15) is 0 Å². The van der Waals surface area contributed by atoms with Crippen molar-refractivity contribution in [2.45, 2.75) is 45.6 Å². The molecule has 1 saturated heterocycles. The highest BCUT2D eigenvalue weighted by molar-refractivity contribution is 6.06. The highest BCUT2D eigenvalue weighted by atomic mass is 16.3. The number of nitrogens with two attached hydrogens (primary N) is 1. The van der Waals surface area contributed by atoms with Crippen LogP contribution in [0.5, 0.6) is 5.75 Å². The van der Waals surface area contributed by atoms with Crippen LogP contribution in [0.25, 0.3) is 0 Å². The molecule has 0 spiro atoms. The van der Waals surface area contributed by atoms with E-state index in [1.54, 1.807) is 28.0 Å². The minimum Gasteiger partial charge on any atom is -0.508 e. The van der Waals surface area contributed by atoms with Gasteiger partial charge in [-0.25, -0.2) is 9.79 Å². The fraction of sp³-hybridized carbons (Fsp3) is 0.571. The van der Waals surface area contributed by atoms with Crippen LogP contribution in [0.15, 0.2) is 29.3 Å². The predicted molar refractivity (Wildman–Crippen MR) is 113 cm³/mol. The number of hydrogen-bond donors (Lipinski definition) is 3. The predicted octanol–water partition coefficient (Wildman–Crippen LogP) is 2.60. The van der Waals surface area contributed by atoms with Crippen LogP contribution in [0, 0.1) is 11.8 Å². The number of carbonyl (C=O) groups excluding carboxylic acids is 2. The molecule has 0 aromatic heterocycles. The van der Waals surface area contributed by atoms with Crippen LogP contribution < -0.4 is 11.1 Å². The van der Waals surface area contributed by atoms with Gasteiger partial charge in [-0.15, -0.1) is 0 Å². The minimum absolute atomic E-state index is 0.0206. The number of phenols is 1. The van der Waals surface area contributed by atoms with Gasteiger partial charge in [0.25, 0.3) is 5.91 Å². The molecule has 8 heteroatoms. The maximum Gasteiger partial charge on any atom is 0.321 e. The largest absolute Gasteiger partial charge is 0.508 e. The van der Waals surface area contributed by atoms with Crippen LogP contribution in [-0.2, 0) is 4.79 Å². The molecule has 2 aliphatic rings. The molecule has 0 saturated carbocycles. The number of phenolic OH excluding ortho intramolecular Hbond substituents is 1. The zero-order valence-electron chi connectivity index (χ0n) is 17.4. The highest BCUT2D eigenvalue weighted by Crippen LogP contribution is 2.30. The van der Waals surface area contributed by atoms with Gasteiger partial charge in [0, 0.05) is 31.4 Å². The van der Waals surface area contributed by atoms with Crippen LogP contribution >= 0.6 is 0 Å². The third-order valence-corrected chi connectivity index (χ3v) is 5.59. The van der Waals surface area contributed by atoms with Crippen molar-refractivity contribution in [2.24, 2.45) is 22.6 Å². The number of piperidine rings is 1. The number of nitrogens with one attached hydrogen (secondary N) is 1. The van der Waals surface area contributed by atoms with Gasteiger partial charge in [-0.3, -0.25) is 9.69 Å². The van der Waals surface area contributed by atoms with Crippen molar-refractivity contribution in [1.82, 2.24) is 9.80 Å². The summed E-state index contributed by atoms with van der Waals surface area (Å²) in [6, 6.07) is 6.31. The van der Waals surface area contributed by atoms with E-state index < -0.39 is 5.54 Å². The standard InChI is InChI=1S/C21H31N5O3/c1-14(2)12-21(3)18(28)26(19(22)24-21)13-15-7-9-25(10-8-15)20(29)23-16-5-4-6-17(27)11-16/h4-6,11,14-15,27H,7-10,12-13H2,1-3H3,(H2,22,24)(H,23,29). The summed E-state index contributed by atoms with van der Waals surface area (Å²) in [7, 11) is 0. The molecule has 8 nitrogen and oxygen atoms in total. The number of aromatic hydroxyl groups is 1. The Balaban J connectivity index is 1.52. The Morgan fingerprint density at radius 3 is 2.69 bits per heavy atom. The third-order valence-electron chi connectivity index (χ3n) is 5.59. The second-order valence-electron chi connectivity index (χ2n) is 8.67. The van der Waals surface area contributed by atoms with Crippen molar-refractivity contribution in [1.29, 1.82) is 0 Å². The fourth-order valence-electron chi connectivity index (χ4n) is 4.22. The van der Waals surface area contributed by atoms with Gasteiger partial charge in [0.05, 0.1) is 0 Å². The molecule has 2 aliphatic heterocycles. The Kier molecular flexibility index (Phi) is 6.00. The van der Waals surface area contributed by atoms with Crippen molar-refractivity contribution < 1.29 is 14.7 Å². The number of urea groups is 1. The monoisotopic (exact) mass is 401 g/mol. The number of anilines is 1. The molecule has 0 bridgehead atoms. The smallest absolute Gasteiger partial charge is 0.321 e. The van der Waals surface area contributed by atoms with E-state index >= 15 is 0 Å². The van der Waals surface area contributed by atoms with Gasteiger partial charge in [0.1, 0.15) is 11.3 Å². The molecule has 0 aliphatic carbocycles. The van der Waals surface area contributed by atoms with E-state index in [9.17, 15) is 14.7 Å². The number of carbonyl (C=O) groups is 2. The zero-order chi connectivity index (χ0) is 21.2. The molecular weight excluding hydrogens is 370 g/mol. The number of likely N-dealkylation sites (tertiary alicyclic amines) is 1. The molecule has 0 radical (unpaired) electrons. The number of amides is 3. The number of benzene rings is 1. The van der Waals surface area contributed by atoms with Crippen molar-refractivity contribution in [3.05, 3.63) is 24.3 Å². The van der Waals surface area contributed by atoms with E-state index in [1.807, 2.05) is 6.92 Å². The highest BCUT2D eigenvalue weighted by Gasteiger charge is 2.44. The van der Waals surface area contributed by atoms with Crippen LogP contribution in [0.2, 0.25) is 0 Å². The van der Waals surface area contributed by atoms with Crippen LogP contribution in [0.4, 0.5) is 10.5 Å². The quantitative estimate of drug-likeness (QED) is 0.704. The lowest BCUT2D eigenvalue weighted by atomic mass is 9.90. The summed E-state index contributed by atoms with van der Waals surface area (Å²) in [5, 5.41) is 12.3. The number of rotatable bonds is 5. The molecule has 1 fully saturated rings. The molecule has 3 amide bonds. The van der Waals surface area contributed by atoms with Gasteiger partial charge in [0.15, 0.2) is 5.96 Å². The first-order chi connectivity index (χ1) is 13.7. The van der Waals surface area contributed by atoms with Crippen molar-refractivity contribution in [2.75, 3.05) is 25.0 Å². The number of hydrogen-bond acceptors (Lipinski definition) is 5. The molecule has 2 heterocycles. The van der Waals surface area contributed by atoms with E-state index in [4.69, 9.17) is 5.73 Å². The Bertz CT molecular complexity index is 801. The Labute approximate surface area is 171 Å². The molecule has 1 aromatic rings. The van der Waals surface area contributed by atoms with Gasteiger partial charge < -0.3 is 21.1 Å². The summed E-state index contributed by atoms with van der Waals surface area (Å²) in [5.74, 6) is 1.03. The van der Waals surface area contributed by atoms with Crippen molar-refractivity contribution >= 4 is 23.6 Å². The molecule has 3 rings (SSSR count). The molecule has 158 valence electrons. The summed E-state index contributed by atoms with van der Waals surface area (Å²) in [6.45, 7) is 7.77. The average Bonchev–Trinajstić information content (AvgIpc) is 2.84. The van der Waals surface area contributed by atoms with E-state index in [0.29, 0.717) is 43.6 Å². The zero-order valence-corrected chi connectivity index (χ0v) is 17.4. The lowest BCUT2D eigenvalue weighted by Gasteiger charge is -2.34. The second kappa shape index (κ2) is 8.31. The molecule has 29 heavy (non-hydrogen) atoms. The second-order valence-corrected chi connectivity index (χ2v) is 8.67. The van der Waals surface area contributed by atoms with Gasteiger partial charge in [0.2, 0.25) is 0 Å². The number of guanidine groups is 1.